The van der Waals surface area contributed by atoms with Crippen LogP contribution in [0.3, 0.4) is 0 Å². The van der Waals surface area contributed by atoms with Gasteiger partial charge in [-0.15, -0.1) is 0 Å². The maximum atomic E-state index is 14.6. The van der Waals surface area contributed by atoms with Crippen molar-refractivity contribution in [2.45, 2.75) is 178 Å². The third-order valence-electron chi connectivity index (χ3n) is 14.2. The number of nitrogens with one attached hydrogen (secondary N) is 9. The minimum Gasteiger partial charge on any atom is -0.393 e. The minimum absolute atomic E-state index is 0.0487. The first kappa shape index (κ1) is 65.0. The highest BCUT2D eigenvalue weighted by Gasteiger charge is 2.38. The summed E-state index contributed by atoms with van der Waals surface area (Å²) in [6, 6.07) is 5.90. The second kappa shape index (κ2) is 34.5. The van der Waals surface area contributed by atoms with Gasteiger partial charge in [-0.3, -0.25) is 43.2 Å². The molecule has 2 aliphatic rings. The van der Waals surface area contributed by atoms with E-state index in [1.807, 2.05) is 38.1 Å². The van der Waals surface area contributed by atoms with Crippen LogP contribution in [-0.4, -0.2) is 145 Å². The number of carbonyl (C=O) groups excluding carboxylic acids is 9. The number of unbranched alkanes of at least 4 members (excludes halogenated alkanes) is 4. The Morgan fingerprint density at radius 2 is 1.11 bits per heavy atom. The van der Waals surface area contributed by atoms with E-state index in [9.17, 15) is 48.3 Å². The van der Waals surface area contributed by atoms with E-state index in [0.717, 1.165) is 43.2 Å². The van der Waals surface area contributed by atoms with Crippen molar-refractivity contribution in [3.8, 4) is 0 Å². The summed E-state index contributed by atoms with van der Waals surface area (Å²) >= 11 is 0. The summed E-state index contributed by atoms with van der Waals surface area (Å²) in [5.41, 5.74) is 26.4. The van der Waals surface area contributed by atoms with Crippen molar-refractivity contribution < 1.29 is 48.3 Å². The average molecular weight is 1100 g/mol. The first-order chi connectivity index (χ1) is 37.9. The summed E-state index contributed by atoms with van der Waals surface area (Å²) in [6.45, 7) is 5.22. The van der Waals surface area contributed by atoms with E-state index in [1.165, 1.54) is 0 Å². The smallest absolute Gasteiger partial charge is 0.243 e. The van der Waals surface area contributed by atoms with Crippen molar-refractivity contribution in [3.05, 3.63) is 71.3 Å². The molecular formula is C56H89N13O10. The Bertz CT molecular complexity index is 2280. The molecule has 9 atom stereocenters. The number of rotatable bonds is 24. The van der Waals surface area contributed by atoms with Gasteiger partial charge in [-0.25, -0.2) is 0 Å². The summed E-state index contributed by atoms with van der Waals surface area (Å²) in [5, 5.41) is 35.3. The second-order valence-corrected chi connectivity index (χ2v) is 21.2. The van der Waals surface area contributed by atoms with Crippen LogP contribution < -0.4 is 70.8 Å². The van der Waals surface area contributed by atoms with Gasteiger partial charge in [0.2, 0.25) is 53.2 Å². The zero-order chi connectivity index (χ0) is 57.9. The summed E-state index contributed by atoms with van der Waals surface area (Å²) in [4.78, 5) is 128. The molecule has 1 aliphatic heterocycles. The van der Waals surface area contributed by atoms with Crippen LogP contribution in [0.1, 0.15) is 121 Å². The van der Waals surface area contributed by atoms with Crippen LogP contribution in [0.5, 0.6) is 0 Å². The average Bonchev–Trinajstić information content (AvgIpc) is 3.93. The van der Waals surface area contributed by atoms with Crippen LogP contribution in [0, 0.1) is 11.8 Å². The molecule has 0 spiro atoms. The first-order valence-electron chi connectivity index (χ1n) is 28.2. The molecule has 9 amide bonds. The fraction of sp³-hybridized carbons (Fsp3) is 0.625. The van der Waals surface area contributed by atoms with Gasteiger partial charge in [0, 0.05) is 13.0 Å². The number of aliphatic hydroxyl groups excluding tert-OH is 1. The fourth-order valence-corrected chi connectivity index (χ4v) is 9.89. The molecule has 79 heavy (non-hydrogen) atoms. The third-order valence-corrected chi connectivity index (χ3v) is 14.2. The van der Waals surface area contributed by atoms with Gasteiger partial charge in [0.1, 0.15) is 48.3 Å². The lowest BCUT2D eigenvalue weighted by Crippen LogP contribution is -2.61. The van der Waals surface area contributed by atoms with Gasteiger partial charge in [0.15, 0.2) is 0 Å². The Morgan fingerprint density at radius 1 is 0.608 bits per heavy atom. The van der Waals surface area contributed by atoms with Crippen LogP contribution in [-0.2, 0) is 62.4 Å². The van der Waals surface area contributed by atoms with E-state index in [4.69, 9.17) is 22.9 Å². The lowest BCUT2D eigenvalue weighted by atomic mass is 9.95. The molecule has 1 unspecified atom stereocenters. The number of benzene rings is 2. The summed E-state index contributed by atoms with van der Waals surface area (Å²) in [5.74, 6) is -7.41. The van der Waals surface area contributed by atoms with Crippen LogP contribution in [0.4, 0.5) is 0 Å². The molecule has 0 aromatic heterocycles. The number of nitrogens with two attached hydrogens (primary N) is 4. The van der Waals surface area contributed by atoms with Gasteiger partial charge in [-0.1, -0.05) is 107 Å². The van der Waals surface area contributed by atoms with Gasteiger partial charge < -0.3 is 75.9 Å². The lowest BCUT2D eigenvalue weighted by molar-refractivity contribution is -0.136. The van der Waals surface area contributed by atoms with Crippen molar-refractivity contribution in [1.29, 1.82) is 0 Å². The fourth-order valence-electron chi connectivity index (χ4n) is 9.89. The van der Waals surface area contributed by atoms with Gasteiger partial charge in [0.05, 0.1) is 12.5 Å². The molecule has 2 aromatic rings. The number of fused-ring (bicyclic) bond motifs is 1. The molecule has 1 saturated heterocycles. The number of amides is 9. The highest BCUT2D eigenvalue weighted by Crippen LogP contribution is 2.29. The Labute approximate surface area is 464 Å². The quantitative estimate of drug-likeness (QED) is 0.0538. The summed E-state index contributed by atoms with van der Waals surface area (Å²) in [6.07, 6.45) is 4.18. The van der Waals surface area contributed by atoms with Crippen molar-refractivity contribution >= 4 is 53.2 Å². The standard InChI is InChI=1S/C56H89N13O10/c1-4-5-6-7-11-18-39(70)33-47(71)62-40(19-24-57)49(72)66-44-23-28-61-56(79)48(38-31-36-16-12-13-17-37(36)32-38)69-53(76)43(22-27-60)64-50(73)41(20-25-58)65-54(77)45(29-34(2)3)67-55(78)46(30-35-14-9-8-10-15-35)68-51(74)42(21-26-59)63-52(44)75/h8-10,12-17,34,38-46,48,70H,4-7,11,18-33,57-60H2,1-3H3,(H,61,79)(H,62,71)(H,63,75)(H,64,73)(H,65,77)(H,66,72)(H,67,78)(H,68,74)(H,69,76)/t39-,40-,41+,42+,43+,44+,45+,46-,48?/m1/s1. The SMILES string of the molecule is CCCCCCC[C@@H](O)CC(=O)N[C@H](CCN)C(=O)N[C@H]1CCNC(=O)C(C2Cc3ccccc3C2)NC(=O)[C@H](CCN)NC(=O)[C@H](CCN)NC(=O)[C@H](CC(C)C)NC(=O)[C@@H](Cc2ccccc2)NC(=O)[C@H](CCN)NC1=O. The van der Waals surface area contributed by atoms with Crippen LogP contribution in [0.15, 0.2) is 54.6 Å². The number of hydrogen-bond donors (Lipinski definition) is 14. The van der Waals surface area contributed by atoms with Crippen molar-refractivity contribution in [3.63, 3.8) is 0 Å². The zero-order valence-electron chi connectivity index (χ0n) is 46.3. The lowest BCUT2D eigenvalue weighted by Gasteiger charge is -2.29. The maximum absolute atomic E-state index is 14.6. The largest absolute Gasteiger partial charge is 0.393 e. The summed E-state index contributed by atoms with van der Waals surface area (Å²) < 4.78 is 0. The molecule has 1 heterocycles. The zero-order valence-corrected chi connectivity index (χ0v) is 46.3. The maximum Gasteiger partial charge on any atom is 0.243 e. The molecule has 438 valence electrons. The van der Waals surface area contributed by atoms with E-state index in [1.54, 1.807) is 30.3 Å². The van der Waals surface area contributed by atoms with E-state index >= 15 is 0 Å². The minimum atomic E-state index is -1.48. The molecule has 0 saturated carbocycles. The van der Waals surface area contributed by atoms with Gasteiger partial charge in [-0.05, 0) is 112 Å². The van der Waals surface area contributed by atoms with Gasteiger partial charge in [-0.2, -0.15) is 0 Å². The molecule has 23 heteroatoms. The molecule has 0 bridgehead atoms. The molecule has 0 radical (unpaired) electrons. The topological polar surface area (TPSA) is 386 Å². The van der Waals surface area contributed by atoms with E-state index in [-0.39, 0.29) is 90.0 Å². The highest BCUT2D eigenvalue weighted by molar-refractivity contribution is 5.98. The molecule has 23 nitrogen and oxygen atoms in total. The van der Waals surface area contributed by atoms with E-state index in [2.05, 4.69) is 54.8 Å². The number of hydrogen-bond acceptors (Lipinski definition) is 14. The third kappa shape index (κ3) is 21.9. The van der Waals surface area contributed by atoms with Gasteiger partial charge >= 0.3 is 0 Å². The predicted octanol–water partition coefficient (Wildman–Crippen LogP) is -1.40. The van der Waals surface area contributed by atoms with E-state index < -0.39 is 114 Å². The Balaban J connectivity index is 1.76. The summed E-state index contributed by atoms with van der Waals surface area (Å²) in [7, 11) is 0. The number of aliphatic hydroxyl groups is 1. The Morgan fingerprint density at radius 3 is 1.67 bits per heavy atom. The Kier molecular flexibility index (Phi) is 28.4. The van der Waals surface area contributed by atoms with Gasteiger partial charge in [0.25, 0.3) is 0 Å². The normalized spacial score (nSPS) is 23.2. The Hall–Kier alpha value is -6.53. The van der Waals surface area contributed by atoms with Crippen molar-refractivity contribution in [2.75, 3.05) is 32.7 Å². The highest BCUT2D eigenvalue weighted by atomic mass is 16.3. The van der Waals surface area contributed by atoms with Crippen LogP contribution in [0.2, 0.25) is 0 Å². The van der Waals surface area contributed by atoms with E-state index in [0.29, 0.717) is 24.8 Å². The first-order valence-corrected chi connectivity index (χ1v) is 28.2. The molecular weight excluding hydrogens is 1010 g/mol. The van der Waals surface area contributed by atoms with Crippen LogP contribution >= 0.6 is 0 Å². The second-order valence-electron chi connectivity index (χ2n) is 21.2. The van der Waals surface area contributed by atoms with Crippen LogP contribution in [0.25, 0.3) is 0 Å². The molecule has 1 aliphatic carbocycles. The predicted molar refractivity (Wildman–Crippen MR) is 299 cm³/mol. The number of carbonyl (C=O) groups is 9. The van der Waals surface area contributed by atoms with Crippen molar-refractivity contribution in [2.24, 2.45) is 34.8 Å². The molecule has 18 N–H and O–H groups in total. The van der Waals surface area contributed by atoms with Crippen molar-refractivity contribution in [1.82, 2.24) is 47.9 Å². The molecule has 4 rings (SSSR count). The molecule has 1 fully saturated rings. The monoisotopic (exact) mass is 1100 g/mol. The molecule has 2 aromatic carbocycles.